The Labute approximate surface area is 183 Å². The molecule has 31 heavy (non-hydrogen) atoms. The van der Waals surface area contributed by atoms with Crippen LogP contribution in [0, 0.1) is 0 Å². The van der Waals surface area contributed by atoms with Gasteiger partial charge in [-0.3, -0.25) is 14.4 Å². The van der Waals surface area contributed by atoms with E-state index in [1.807, 2.05) is 5.38 Å². The number of thiophene rings is 1. The molecule has 2 rings (SSSR count). The van der Waals surface area contributed by atoms with Crippen molar-refractivity contribution in [2.24, 2.45) is 0 Å². The van der Waals surface area contributed by atoms with Gasteiger partial charge in [-0.05, 0) is 11.4 Å². The zero-order valence-electron chi connectivity index (χ0n) is 17.5. The molecule has 1 aliphatic heterocycles. The van der Waals surface area contributed by atoms with E-state index in [0.29, 0.717) is 0 Å². The topological polar surface area (TPSA) is 124 Å². The Hall–Kier alpha value is -2.92. The lowest BCUT2D eigenvalue weighted by molar-refractivity contribution is -0.257. The van der Waals surface area contributed by atoms with Crippen LogP contribution in [0.15, 0.2) is 23.3 Å². The van der Waals surface area contributed by atoms with Crippen LogP contribution in [0.2, 0.25) is 0 Å². The minimum absolute atomic E-state index is 0.0487. The lowest BCUT2D eigenvalue weighted by atomic mass is 10.0. The van der Waals surface area contributed by atoms with Crippen LogP contribution in [0.1, 0.15) is 32.1 Å². The monoisotopic (exact) mass is 456 g/mol. The van der Waals surface area contributed by atoms with Crippen molar-refractivity contribution in [1.82, 2.24) is 0 Å². The summed E-state index contributed by atoms with van der Waals surface area (Å²) in [5.74, 6) is -2.69. The Morgan fingerprint density at radius 3 is 2.35 bits per heavy atom. The number of methoxy groups -OCH3 is 1. The fourth-order valence-corrected chi connectivity index (χ4v) is 3.50. The van der Waals surface area contributed by atoms with Crippen LogP contribution in [-0.2, 0) is 47.6 Å². The summed E-state index contributed by atoms with van der Waals surface area (Å²) in [5, 5.41) is 1.83. The van der Waals surface area contributed by atoms with Crippen LogP contribution in [0.3, 0.4) is 0 Å². The fraction of sp³-hybridized carbons (Fsp3) is 0.500. The molecule has 1 aromatic heterocycles. The molecule has 2 heterocycles. The number of hydrogen-bond donors (Lipinski definition) is 0. The van der Waals surface area contributed by atoms with E-state index in [2.05, 4.69) is 0 Å². The van der Waals surface area contributed by atoms with E-state index in [4.69, 9.17) is 28.4 Å². The van der Waals surface area contributed by atoms with E-state index >= 15 is 0 Å². The van der Waals surface area contributed by atoms with E-state index in [-0.39, 0.29) is 18.8 Å². The number of carbonyl (C=O) groups is 4. The molecule has 0 saturated carbocycles. The summed E-state index contributed by atoms with van der Waals surface area (Å²) >= 11 is 1.38. The Morgan fingerprint density at radius 1 is 1.10 bits per heavy atom. The van der Waals surface area contributed by atoms with Crippen LogP contribution < -0.4 is 0 Å². The van der Waals surface area contributed by atoms with Crippen molar-refractivity contribution in [3.8, 4) is 0 Å². The lowest BCUT2D eigenvalue weighted by Crippen LogP contribution is -2.54. The van der Waals surface area contributed by atoms with Gasteiger partial charge < -0.3 is 28.4 Å². The smallest absolute Gasteiger partial charge is 0.373 e. The first-order valence-electron chi connectivity index (χ1n) is 9.33. The Bertz CT molecular complexity index is 816. The average molecular weight is 456 g/mol. The number of esters is 4. The highest BCUT2D eigenvalue weighted by Crippen LogP contribution is 2.29. The van der Waals surface area contributed by atoms with Crippen LogP contribution in [0.5, 0.6) is 0 Å². The molecule has 1 saturated heterocycles. The SMILES string of the molecule is COC(=O)/C(=C/c1cccs1)OC1CC(OC(C)=O)C(OC(C)=O)C(COC(C)=O)O1. The molecule has 0 N–H and O–H groups in total. The fourth-order valence-electron chi connectivity index (χ4n) is 2.86. The molecule has 0 bridgehead atoms. The van der Waals surface area contributed by atoms with Gasteiger partial charge >= 0.3 is 23.9 Å². The van der Waals surface area contributed by atoms with Crippen LogP contribution in [0.25, 0.3) is 6.08 Å². The van der Waals surface area contributed by atoms with E-state index in [9.17, 15) is 19.2 Å². The molecular weight excluding hydrogens is 432 g/mol. The summed E-state index contributed by atoms with van der Waals surface area (Å²) < 4.78 is 31.8. The van der Waals surface area contributed by atoms with E-state index in [1.54, 1.807) is 12.1 Å². The average Bonchev–Trinajstić information content (AvgIpc) is 3.19. The molecule has 1 aliphatic rings. The van der Waals surface area contributed by atoms with Gasteiger partial charge in [0.25, 0.3) is 0 Å². The Morgan fingerprint density at radius 2 is 1.81 bits per heavy atom. The number of carbonyl (C=O) groups excluding carboxylic acids is 4. The summed E-state index contributed by atoms with van der Waals surface area (Å²) in [6, 6.07) is 3.58. The van der Waals surface area contributed by atoms with Crippen molar-refractivity contribution in [3.05, 3.63) is 28.1 Å². The molecule has 0 radical (unpaired) electrons. The molecule has 0 amide bonds. The maximum Gasteiger partial charge on any atom is 0.373 e. The second-order valence-electron chi connectivity index (χ2n) is 6.50. The second kappa shape index (κ2) is 11.5. The third-order valence-electron chi connectivity index (χ3n) is 4.02. The van der Waals surface area contributed by atoms with Crippen LogP contribution in [0.4, 0.5) is 0 Å². The van der Waals surface area contributed by atoms with E-state index < -0.39 is 48.5 Å². The van der Waals surface area contributed by atoms with Crippen molar-refractivity contribution < 1.29 is 47.6 Å². The predicted octanol–water partition coefficient (Wildman–Crippen LogP) is 1.82. The summed E-state index contributed by atoms with van der Waals surface area (Å²) in [4.78, 5) is 47.4. The third kappa shape index (κ3) is 7.68. The number of rotatable bonds is 8. The van der Waals surface area contributed by atoms with Crippen LogP contribution >= 0.6 is 11.3 Å². The van der Waals surface area contributed by atoms with Gasteiger partial charge in [-0.15, -0.1) is 11.3 Å². The van der Waals surface area contributed by atoms with Gasteiger partial charge in [-0.25, -0.2) is 4.79 Å². The maximum absolute atomic E-state index is 12.2. The van der Waals surface area contributed by atoms with Gasteiger partial charge in [0.2, 0.25) is 12.0 Å². The molecule has 4 unspecified atom stereocenters. The zero-order chi connectivity index (χ0) is 23.0. The van der Waals surface area contributed by atoms with Gasteiger partial charge in [-0.1, -0.05) is 6.07 Å². The minimum Gasteiger partial charge on any atom is -0.463 e. The summed E-state index contributed by atoms with van der Waals surface area (Å²) in [7, 11) is 1.21. The van der Waals surface area contributed by atoms with E-state index in [0.717, 1.165) is 4.88 Å². The third-order valence-corrected chi connectivity index (χ3v) is 4.84. The standard InChI is InChI=1S/C20H24O10S/c1-11(21)26-10-17-19(28-13(3)23)15(27-12(2)22)9-18(30-17)29-16(20(24)25-4)8-14-6-5-7-31-14/h5-8,15,17-19H,9-10H2,1-4H3/b16-8-. The minimum atomic E-state index is -1.08. The van der Waals surface area contributed by atoms with E-state index in [1.165, 1.54) is 45.3 Å². The molecular formula is C20H24O10S. The highest BCUT2D eigenvalue weighted by atomic mass is 32.1. The Balaban J connectivity index is 2.28. The van der Waals surface area contributed by atoms with Gasteiger partial charge in [0, 0.05) is 31.7 Å². The second-order valence-corrected chi connectivity index (χ2v) is 7.48. The summed E-state index contributed by atoms with van der Waals surface area (Å²) in [6.07, 6.45) is -2.64. The summed E-state index contributed by atoms with van der Waals surface area (Å²) in [5.41, 5.74) is 0. The Kier molecular flexibility index (Phi) is 9.01. The molecule has 170 valence electrons. The highest BCUT2D eigenvalue weighted by molar-refractivity contribution is 7.10. The van der Waals surface area contributed by atoms with Crippen molar-refractivity contribution in [2.45, 2.75) is 51.8 Å². The lowest BCUT2D eigenvalue weighted by Gasteiger charge is -2.39. The first-order valence-corrected chi connectivity index (χ1v) is 10.2. The van der Waals surface area contributed by atoms with Gasteiger partial charge in [0.05, 0.1) is 13.5 Å². The normalized spacial score (nSPS) is 23.4. The zero-order valence-corrected chi connectivity index (χ0v) is 18.3. The summed E-state index contributed by atoms with van der Waals surface area (Å²) in [6.45, 7) is 3.32. The first kappa shape index (κ1) is 24.4. The molecule has 10 nitrogen and oxygen atoms in total. The van der Waals surface area contributed by atoms with Gasteiger partial charge in [0.1, 0.15) is 18.8 Å². The van der Waals surface area contributed by atoms with Crippen LogP contribution in [-0.4, -0.2) is 62.2 Å². The maximum atomic E-state index is 12.2. The van der Waals surface area contributed by atoms with Crippen molar-refractivity contribution in [2.75, 3.05) is 13.7 Å². The van der Waals surface area contributed by atoms with Crippen molar-refractivity contribution in [1.29, 1.82) is 0 Å². The number of ether oxygens (including phenoxy) is 6. The number of hydrogen-bond acceptors (Lipinski definition) is 11. The molecule has 0 spiro atoms. The first-order chi connectivity index (χ1) is 14.7. The molecule has 11 heteroatoms. The molecule has 4 atom stereocenters. The molecule has 1 fully saturated rings. The molecule has 1 aromatic rings. The largest absolute Gasteiger partial charge is 0.463 e. The molecule has 0 aliphatic carbocycles. The van der Waals surface area contributed by atoms with Crippen molar-refractivity contribution in [3.63, 3.8) is 0 Å². The van der Waals surface area contributed by atoms with Gasteiger partial charge in [-0.2, -0.15) is 0 Å². The molecule has 0 aromatic carbocycles. The predicted molar refractivity (Wildman–Crippen MR) is 106 cm³/mol. The highest BCUT2D eigenvalue weighted by Gasteiger charge is 2.45. The van der Waals surface area contributed by atoms with Crippen molar-refractivity contribution >= 4 is 41.3 Å². The quantitative estimate of drug-likeness (QED) is 0.248. The van der Waals surface area contributed by atoms with Gasteiger partial charge in [0.15, 0.2) is 6.10 Å².